The minimum Gasteiger partial charge on any atom is -0.456 e. The Kier molecular flexibility index (Phi) is 6.64. The minimum atomic E-state index is -0.422. The molecule has 0 aromatic rings. The van der Waals surface area contributed by atoms with Gasteiger partial charge in [-0.25, -0.2) is 9.59 Å². The van der Waals surface area contributed by atoms with Crippen LogP contribution in [0.3, 0.4) is 0 Å². The number of esters is 2. The normalized spacial score (nSPS) is 22.2. The monoisotopic (exact) mass is 334 g/mol. The average molecular weight is 334 g/mol. The molecular weight excluding hydrogens is 304 g/mol. The minimum absolute atomic E-state index is 0.349. The molecule has 0 aromatic heterocycles. The van der Waals surface area contributed by atoms with Crippen molar-refractivity contribution in [1.82, 2.24) is 0 Å². The van der Waals surface area contributed by atoms with E-state index in [9.17, 15) is 9.59 Å². The van der Waals surface area contributed by atoms with Gasteiger partial charge in [-0.3, -0.25) is 0 Å². The molecule has 0 spiro atoms. The number of hydrogen-bond donors (Lipinski definition) is 0. The van der Waals surface area contributed by atoms with Crippen molar-refractivity contribution < 1.29 is 19.1 Å². The molecule has 0 unspecified atom stereocenters. The summed E-state index contributed by atoms with van der Waals surface area (Å²) in [6.45, 7) is 7.03. The van der Waals surface area contributed by atoms with Crippen LogP contribution in [0.5, 0.6) is 0 Å². The van der Waals surface area contributed by atoms with Gasteiger partial charge in [-0.2, -0.15) is 0 Å². The molecule has 2 rings (SSSR count). The maximum atomic E-state index is 11.8. The Bertz CT molecular complexity index is 424. The van der Waals surface area contributed by atoms with Crippen LogP contribution in [-0.4, -0.2) is 23.1 Å². The van der Waals surface area contributed by atoms with Crippen LogP contribution in [0.4, 0.5) is 0 Å². The van der Waals surface area contributed by atoms with E-state index in [1.807, 2.05) is 0 Å². The smallest absolute Gasteiger partial charge is 0.330 e. The third-order valence-corrected chi connectivity index (χ3v) is 5.53. The van der Waals surface area contributed by atoms with E-state index in [-0.39, 0.29) is 11.9 Å². The van der Waals surface area contributed by atoms with Gasteiger partial charge in [0.1, 0.15) is 11.2 Å². The fraction of sp³-hybridized carbons (Fsp3) is 0.700. The SMILES string of the molecule is C=CC(=O)OC1(CCC2(OC(=O)C=C)CCCCC2)CCCCC1. The number of carbonyl (C=O) groups is 2. The molecule has 0 amide bonds. The highest BCUT2D eigenvalue weighted by Gasteiger charge is 2.41. The Morgan fingerprint density at radius 2 is 1.04 bits per heavy atom. The van der Waals surface area contributed by atoms with Crippen LogP contribution in [0.15, 0.2) is 25.3 Å². The Hall–Kier alpha value is -1.58. The molecule has 0 radical (unpaired) electrons. The maximum Gasteiger partial charge on any atom is 0.330 e. The predicted molar refractivity (Wildman–Crippen MR) is 93.4 cm³/mol. The topological polar surface area (TPSA) is 52.6 Å². The van der Waals surface area contributed by atoms with E-state index in [4.69, 9.17) is 9.47 Å². The fourth-order valence-corrected chi connectivity index (χ4v) is 4.16. The van der Waals surface area contributed by atoms with Gasteiger partial charge in [0.25, 0.3) is 0 Å². The van der Waals surface area contributed by atoms with E-state index in [0.29, 0.717) is 0 Å². The molecule has 2 aliphatic rings. The van der Waals surface area contributed by atoms with Crippen LogP contribution in [0.1, 0.15) is 77.0 Å². The summed E-state index contributed by atoms with van der Waals surface area (Å²) in [7, 11) is 0. The largest absolute Gasteiger partial charge is 0.456 e. The van der Waals surface area contributed by atoms with Gasteiger partial charge in [0.2, 0.25) is 0 Å². The highest BCUT2D eigenvalue weighted by atomic mass is 16.6. The lowest BCUT2D eigenvalue weighted by Crippen LogP contribution is -2.42. The van der Waals surface area contributed by atoms with Crippen molar-refractivity contribution in [3.63, 3.8) is 0 Å². The van der Waals surface area contributed by atoms with Gasteiger partial charge in [0.05, 0.1) is 0 Å². The lowest BCUT2D eigenvalue weighted by Gasteiger charge is -2.42. The van der Waals surface area contributed by atoms with E-state index in [1.165, 1.54) is 25.0 Å². The molecule has 0 aromatic carbocycles. The Labute approximate surface area is 145 Å². The second kappa shape index (κ2) is 8.50. The molecule has 0 saturated heterocycles. The summed E-state index contributed by atoms with van der Waals surface area (Å²) in [4.78, 5) is 23.6. The van der Waals surface area contributed by atoms with E-state index in [1.54, 1.807) is 0 Å². The first kappa shape index (κ1) is 18.8. The van der Waals surface area contributed by atoms with Crippen LogP contribution in [0.25, 0.3) is 0 Å². The first-order chi connectivity index (χ1) is 11.5. The van der Waals surface area contributed by atoms with Crippen LogP contribution >= 0.6 is 0 Å². The summed E-state index contributed by atoms with van der Waals surface area (Å²) in [6.07, 6.45) is 14.2. The van der Waals surface area contributed by atoms with E-state index in [0.717, 1.165) is 64.2 Å². The third-order valence-electron chi connectivity index (χ3n) is 5.53. The molecule has 134 valence electrons. The van der Waals surface area contributed by atoms with Crippen molar-refractivity contribution in [3.05, 3.63) is 25.3 Å². The summed E-state index contributed by atoms with van der Waals surface area (Å²) in [5.41, 5.74) is -0.844. The summed E-state index contributed by atoms with van der Waals surface area (Å²) in [5.74, 6) is -0.699. The van der Waals surface area contributed by atoms with Gasteiger partial charge >= 0.3 is 11.9 Å². The molecule has 4 heteroatoms. The van der Waals surface area contributed by atoms with Crippen molar-refractivity contribution in [3.8, 4) is 0 Å². The van der Waals surface area contributed by atoms with Gasteiger partial charge in [-0.15, -0.1) is 0 Å². The van der Waals surface area contributed by atoms with Gasteiger partial charge in [-0.05, 0) is 64.2 Å². The third kappa shape index (κ3) is 4.96. The van der Waals surface area contributed by atoms with Gasteiger partial charge in [0.15, 0.2) is 0 Å². The van der Waals surface area contributed by atoms with Crippen molar-refractivity contribution >= 4 is 11.9 Å². The second-order valence-corrected chi connectivity index (χ2v) is 7.24. The zero-order valence-electron chi connectivity index (χ0n) is 14.7. The Morgan fingerprint density at radius 1 is 0.708 bits per heavy atom. The standard InChI is InChI=1S/C20H30O4/c1-3-17(21)23-19(11-7-5-8-12-19)15-16-20(24-18(22)4-2)13-9-6-10-14-20/h3-4H,1-2,5-16H2. The first-order valence-electron chi connectivity index (χ1n) is 9.24. The summed E-state index contributed by atoms with van der Waals surface area (Å²) in [5, 5.41) is 0. The Balaban J connectivity index is 2.08. The molecule has 0 heterocycles. The fourth-order valence-electron chi connectivity index (χ4n) is 4.16. The van der Waals surface area contributed by atoms with Crippen molar-refractivity contribution in [1.29, 1.82) is 0 Å². The lowest BCUT2D eigenvalue weighted by atomic mass is 9.75. The van der Waals surface area contributed by atoms with Crippen LogP contribution < -0.4 is 0 Å². The Morgan fingerprint density at radius 3 is 1.33 bits per heavy atom. The van der Waals surface area contributed by atoms with Crippen molar-refractivity contribution in [2.24, 2.45) is 0 Å². The van der Waals surface area contributed by atoms with Crippen molar-refractivity contribution in [2.75, 3.05) is 0 Å². The molecule has 2 saturated carbocycles. The van der Waals surface area contributed by atoms with Gasteiger partial charge in [0, 0.05) is 12.2 Å². The van der Waals surface area contributed by atoms with E-state index < -0.39 is 11.2 Å². The van der Waals surface area contributed by atoms with Gasteiger partial charge < -0.3 is 9.47 Å². The summed E-state index contributed by atoms with van der Waals surface area (Å²) >= 11 is 0. The van der Waals surface area contributed by atoms with Crippen molar-refractivity contribution in [2.45, 2.75) is 88.3 Å². The van der Waals surface area contributed by atoms with Crippen LogP contribution in [-0.2, 0) is 19.1 Å². The molecular formula is C20H30O4. The first-order valence-corrected chi connectivity index (χ1v) is 9.24. The molecule has 2 fully saturated rings. The molecule has 2 aliphatic carbocycles. The quantitative estimate of drug-likeness (QED) is 0.503. The maximum absolute atomic E-state index is 11.8. The summed E-state index contributed by atoms with van der Waals surface area (Å²) < 4.78 is 11.6. The number of hydrogen-bond acceptors (Lipinski definition) is 4. The van der Waals surface area contributed by atoms with Crippen LogP contribution in [0.2, 0.25) is 0 Å². The van der Waals surface area contributed by atoms with Gasteiger partial charge in [-0.1, -0.05) is 26.0 Å². The lowest BCUT2D eigenvalue weighted by molar-refractivity contribution is -0.168. The number of ether oxygens (including phenoxy) is 2. The molecule has 0 aliphatic heterocycles. The molecule has 24 heavy (non-hydrogen) atoms. The second-order valence-electron chi connectivity index (χ2n) is 7.24. The molecule has 0 atom stereocenters. The highest BCUT2D eigenvalue weighted by molar-refractivity contribution is 5.82. The zero-order valence-corrected chi connectivity index (χ0v) is 14.7. The molecule has 0 N–H and O–H groups in total. The average Bonchev–Trinajstić information content (AvgIpc) is 2.61. The molecule has 4 nitrogen and oxygen atoms in total. The number of carbonyl (C=O) groups excluding carboxylic acids is 2. The zero-order chi connectivity index (χ0) is 17.5. The van der Waals surface area contributed by atoms with E-state index in [2.05, 4.69) is 13.2 Å². The highest BCUT2D eigenvalue weighted by Crippen LogP contribution is 2.42. The van der Waals surface area contributed by atoms with Crippen LogP contribution in [0, 0.1) is 0 Å². The predicted octanol–water partition coefficient (Wildman–Crippen LogP) is 4.63. The number of rotatable bonds is 7. The van der Waals surface area contributed by atoms with E-state index >= 15 is 0 Å². The summed E-state index contributed by atoms with van der Waals surface area (Å²) in [6, 6.07) is 0. The molecule has 0 bridgehead atoms.